The van der Waals surface area contributed by atoms with Crippen molar-refractivity contribution in [3.8, 4) is 0 Å². The summed E-state index contributed by atoms with van der Waals surface area (Å²) in [7, 11) is 0. The van der Waals surface area contributed by atoms with Gasteiger partial charge < -0.3 is 5.32 Å². The summed E-state index contributed by atoms with van der Waals surface area (Å²) in [4.78, 5) is 0. The van der Waals surface area contributed by atoms with Gasteiger partial charge in [-0.15, -0.1) is 0 Å². The van der Waals surface area contributed by atoms with Crippen LogP contribution in [0, 0.1) is 5.92 Å². The molecule has 0 aliphatic carbocycles. The third-order valence-electron chi connectivity index (χ3n) is 3.48. The van der Waals surface area contributed by atoms with Crippen molar-refractivity contribution in [3.05, 3.63) is 0 Å². The van der Waals surface area contributed by atoms with E-state index in [1.165, 1.54) is 57.9 Å². The van der Waals surface area contributed by atoms with Gasteiger partial charge in [-0.05, 0) is 31.7 Å². The summed E-state index contributed by atoms with van der Waals surface area (Å²) >= 11 is 0. The lowest BCUT2D eigenvalue weighted by Crippen LogP contribution is -2.31. The van der Waals surface area contributed by atoms with Crippen LogP contribution in [-0.2, 0) is 0 Å². The Morgan fingerprint density at radius 2 is 1.62 bits per heavy atom. The van der Waals surface area contributed by atoms with E-state index in [0.717, 1.165) is 12.0 Å². The van der Waals surface area contributed by atoms with Gasteiger partial charge in [0.05, 0.1) is 0 Å². The van der Waals surface area contributed by atoms with Gasteiger partial charge in [-0.3, -0.25) is 0 Å². The van der Waals surface area contributed by atoms with Gasteiger partial charge in [-0.2, -0.15) is 0 Å². The second-order valence-corrected chi connectivity index (χ2v) is 5.09. The number of rotatable bonds is 11. The molecule has 2 unspecified atom stereocenters. The first kappa shape index (κ1) is 16.0. The van der Waals surface area contributed by atoms with Crippen LogP contribution in [0.15, 0.2) is 0 Å². The largest absolute Gasteiger partial charge is 0.314 e. The van der Waals surface area contributed by atoms with Crippen LogP contribution in [0.2, 0.25) is 0 Å². The minimum absolute atomic E-state index is 0.770. The van der Waals surface area contributed by atoms with E-state index < -0.39 is 0 Å². The maximum Gasteiger partial charge on any atom is 0.00695 e. The molecule has 0 rings (SSSR count). The van der Waals surface area contributed by atoms with E-state index >= 15 is 0 Å². The molecule has 1 N–H and O–H groups in total. The van der Waals surface area contributed by atoms with E-state index in [-0.39, 0.29) is 0 Å². The second kappa shape index (κ2) is 11.4. The highest BCUT2D eigenvalue weighted by Crippen LogP contribution is 2.20. The van der Waals surface area contributed by atoms with E-state index in [1.54, 1.807) is 0 Å². The van der Waals surface area contributed by atoms with Gasteiger partial charge in [0.15, 0.2) is 0 Å². The molecule has 1 nitrogen and oxygen atoms in total. The molecule has 0 saturated heterocycles. The predicted octanol–water partition coefficient (Wildman–Crippen LogP) is 4.76. The van der Waals surface area contributed by atoms with Crippen LogP contribution in [0.3, 0.4) is 0 Å². The van der Waals surface area contributed by atoms with Crippen molar-refractivity contribution in [1.29, 1.82) is 0 Å². The molecule has 0 heterocycles. The first-order valence-electron chi connectivity index (χ1n) is 7.51. The molecule has 1 heteroatoms. The van der Waals surface area contributed by atoms with E-state index in [2.05, 4.69) is 33.0 Å². The summed E-state index contributed by atoms with van der Waals surface area (Å²) in [5.41, 5.74) is 0. The minimum Gasteiger partial charge on any atom is -0.314 e. The van der Waals surface area contributed by atoms with E-state index in [1.807, 2.05) is 0 Å². The SMILES string of the molecule is CCCCC(CC)CC(CCC)NCCC. The maximum atomic E-state index is 3.71. The molecule has 0 aromatic heterocycles. The van der Waals surface area contributed by atoms with Crippen LogP contribution in [0.4, 0.5) is 0 Å². The van der Waals surface area contributed by atoms with Crippen LogP contribution in [-0.4, -0.2) is 12.6 Å². The highest BCUT2D eigenvalue weighted by Gasteiger charge is 2.13. The lowest BCUT2D eigenvalue weighted by Gasteiger charge is -2.23. The summed E-state index contributed by atoms with van der Waals surface area (Å²) in [5.74, 6) is 0.945. The van der Waals surface area contributed by atoms with Gasteiger partial charge in [0.2, 0.25) is 0 Å². The highest BCUT2D eigenvalue weighted by atomic mass is 14.9. The molecule has 98 valence electrons. The first-order chi connectivity index (χ1) is 7.78. The van der Waals surface area contributed by atoms with Crippen molar-refractivity contribution in [1.82, 2.24) is 5.32 Å². The fourth-order valence-electron chi connectivity index (χ4n) is 2.38. The molecule has 2 atom stereocenters. The zero-order chi connectivity index (χ0) is 12.2. The van der Waals surface area contributed by atoms with E-state index in [0.29, 0.717) is 0 Å². The molecule has 16 heavy (non-hydrogen) atoms. The average Bonchev–Trinajstić information content (AvgIpc) is 2.31. The molecular formula is C15H33N. The molecular weight excluding hydrogens is 194 g/mol. The Labute approximate surface area is 103 Å². The monoisotopic (exact) mass is 227 g/mol. The minimum atomic E-state index is 0.770. The summed E-state index contributed by atoms with van der Waals surface area (Å²) in [5, 5.41) is 3.71. The van der Waals surface area contributed by atoms with Gasteiger partial charge in [0, 0.05) is 6.04 Å². The van der Waals surface area contributed by atoms with Gasteiger partial charge in [0.25, 0.3) is 0 Å². The van der Waals surface area contributed by atoms with Crippen molar-refractivity contribution < 1.29 is 0 Å². The molecule has 0 saturated carbocycles. The van der Waals surface area contributed by atoms with Crippen LogP contribution >= 0.6 is 0 Å². The number of nitrogens with one attached hydrogen (secondary N) is 1. The average molecular weight is 227 g/mol. The van der Waals surface area contributed by atoms with Crippen molar-refractivity contribution in [2.75, 3.05) is 6.54 Å². The van der Waals surface area contributed by atoms with Crippen molar-refractivity contribution in [3.63, 3.8) is 0 Å². The fraction of sp³-hybridized carbons (Fsp3) is 1.00. The second-order valence-electron chi connectivity index (χ2n) is 5.09. The van der Waals surface area contributed by atoms with Crippen LogP contribution < -0.4 is 5.32 Å². The quantitative estimate of drug-likeness (QED) is 0.536. The Kier molecular flexibility index (Phi) is 11.4. The van der Waals surface area contributed by atoms with Crippen molar-refractivity contribution in [2.24, 2.45) is 5.92 Å². The predicted molar refractivity (Wildman–Crippen MR) is 74.9 cm³/mol. The van der Waals surface area contributed by atoms with Gasteiger partial charge >= 0.3 is 0 Å². The molecule has 0 fully saturated rings. The molecule has 0 aliphatic rings. The van der Waals surface area contributed by atoms with Crippen LogP contribution in [0.25, 0.3) is 0 Å². The lowest BCUT2D eigenvalue weighted by atomic mass is 9.90. The number of hydrogen-bond acceptors (Lipinski definition) is 1. The third kappa shape index (κ3) is 8.15. The Bertz CT molecular complexity index is 133. The van der Waals surface area contributed by atoms with Gasteiger partial charge in [-0.25, -0.2) is 0 Å². The molecule has 0 bridgehead atoms. The molecule has 0 spiro atoms. The van der Waals surface area contributed by atoms with Crippen molar-refractivity contribution >= 4 is 0 Å². The van der Waals surface area contributed by atoms with Crippen molar-refractivity contribution in [2.45, 2.75) is 85.1 Å². The molecule has 0 amide bonds. The third-order valence-corrected chi connectivity index (χ3v) is 3.48. The number of hydrogen-bond donors (Lipinski definition) is 1. The smallest absolute Gasteiger partial charge is 0.00695 e. The Hall–Kier alpha value is -0.0400. The summed E-state index contributed by atoms with van der Waals surface area (Å²) in [6.45, 7) is 10.4. The molecule has 0 radical (unpaired) electrons. The fourth-order valence-corrected chi connectivity index (χ4v) is 2.38. The highest BCUT2D eigenvalue weighted by molar-refractivity contribution is 4.71. The lowest BCUT2D eigenvalue weighted by molar-refractivity contribution is 0.336. The van der Waals surface area contributed by atoms with E-state index in [9.17, 15) is 0 Å². The zero-order valence-electron chi connectivity index (χ0n) is 12.0. The maximum absolute atomic E-state index is 3.71. The standard InChI is InChI=1S/C15H33N/c1-5-9-11-14(8-4)13-15(10-6-2)16-12-7-3/h14-16H,5-13H2,1-4H3. The Morgan fingerprint density at radius 3 is 2.12 bits per heavy atom. The number of unbranched alkanes of at least 4 members (excludes halogenated alkanes) is 1. The molecule has 0 aromatic carbocycles. The first-order valence-corrected chi connectivity index (χ1v) is 7.51. The normalized spacial score (nSPS) is 15.0. The zero-order valence-corrected chi connectivity index (χ0v) is 12.0. The van der Waals surface area contributed by atoms with Crippen LogP contribution in [0.5, 0.6) is 0 Å². The van der Waals surface area contributed by atoms with E-state index in [4.69, 9.17) is 0 Å². The van der Waals surface area contributed by atoms with Gasteiger partial charge in [0.1, 0.15) is 0 Å². The Balaban J connectivity index is 3.90. The summed E-state index contributed by atoms with van der Waals surface area (Å²) < 4.78 is 0. The molecule has 0 aliphatic heterocycles. The van der Waals surface area contributed by atoms with Gasteiger partial charge in [-0.1, -0.05) is 59.8 Å². The summed E-state index contributed by atoms with van der Waals surface area (Å²) in [6, 6.07) is 0.770. The topological polar surface area (TPSA) is 12.0 Å². The molecule has 0 aromatic rings. The van der Waals surface area contributed by atoms with Crippen LogP contribution in [0.1, 0.15) is 79.1 Å². The summed E-state index contributed by atoms with van der Waals surface area (Å²) in [6.07, 6.45) is 10.8. The Morgan fingerprint density at radius 1 is 0.875 bits per heavy atom.